The maximum atomic E-state index is 13.8. The lowest BCUT2D eigenvalue weighted by Gasteiger charge is -2.23. The number of pyridine rings is 1. The van der Waals surface area contributed by atoms with Gasteiger partial charge in [0.1, 0.15) is 11.3 Å². The van der Waals surface area contributed by atoms with Gasteiger partial charge >= 0.3 is 5.91 Å². The van der Waals surface area contributed by atoms with Crippen molar-refractivity contribution in [2.24, 2.45) is 0 Å². The smallest absolute Gasteiger partial charge is 0.301 e. The summed E-state index contributed by atoms with van der Waals surface area (Å²) < 4.78 is 13.5. The molecule has 0 bridgehead atoms. The molecule has 1 fully saturated rings. The fraction of sp³-hybridized carbons (Fsp3) is 0.200. The van der Waals surface area contributed by atoms with Crippen LogP contribution in [0.25, 0.3) is 21.6 Å². The van der Waals surface area contributed by atoms with Gasteiger partial charge in [-0.05, 0) is 67.8 Å². The minimum absolute atomic E-state index is 0.0573. The van der Waals surface area contributed by atoms with Gasteiger partial charge in [-0.1, -0.05) is 29.5 Å². The van der Waals surface area contributed by atoms with Gasteiger partial charge in [0.05, 0.1) is 41.7 Å². The van der Waals surface area contributed by atoms with Crippen molar-refractivity contribution in [1.82, 2.24) is 14.4 Å². The number of Topliss-reactive ketones (excluding diaryl/α,β-unsaturated/α-hetero) is 1. The predicted molar refractivity (Wildman–Crippen MR) is 153 cm³/mol. The minimum Gasteiger partial charge on any atom is -0.505 e. The fourth-order valence-electron chi connectivity index (χ4n) is 5.36. The molecule has 0 radical (unpaired) electrons. The van der Waals surface area contributed by atoms with Crippen molar-refractivity contribution in [3.8, 4) is 11.5 Å². The number of aliphatic hydroxyl groups is 1. The Balaban J connectivity index is 1.63. The van der Waals surface area contributed by atoms with Crippen molar-refractivity contribution >= 4 is 49.8 Å². The number of methoxy groups -OCH3 is 2. The lowest BCUT2D eigenvalue weighted by atomic mass is 9.96. The van der Waals surface area contributed by atoms with Crippen LogP contribution in [0.4, 0.5) is 5.13 Å². The molecule has 9 nitrogen and oxygen atoms in total. The van der Waals surface area contributed by atoms with Crippen molar-refractivity contribution in [2.45, 2.75) is 26.8 Å². The number of fused-ring (bicyclic) bond motifs is 2. The molecule has 202 valence electrons. The lowest BCUT2D eigenvalue weighted by molar-refractivity contribution is -0.132. The second kappa shape index (κ2) is 9.49. The predicted octanol–water partition coefficient (Wildman–Crippen LogP) is 5.51. The number of benzene rings is 2. The number of imidazole rings is 1. The number of rotatable bonds is 5. The number of aryl methyl sites for hydroxylation is 3. The zero-order valence-corrected chi connectivity index (χ0v) is 23.4. The first kappa shape index (κ1) is 25.6. The van der Waals surface area contributed by atoms with Gasteiger partial charge in [-0.2, -0.15) is 0 Å². The Hall–Kier alpha value is -4.70. The SMILES string of the molecule is COc1ccc(C2/C(=C(\O)c3c(C)nc4ccccn34)C(=O)C(=O)N2c2nc3c(C)cc(C)cc3s2)cc1OC. The van der Waals surface area contributed by atoms with Gasteiger partial charge in [0, 0.05) is 6.20 Å². The molecule has 1 aliphatic rings. The van der Waals surface area contributed by atoms with Crippen LogP contribution < -0.4 is 14.4 Å². The van der Waals surface area contributed by atoms with E-state index in [0.717, 1.165) is 21.3 Å². The molecule has 10 heteroatoms. The Bertz CT molecular complexity index is 1890. The van der Waals surface area contributed by atoms with E-state index in [-0.39, 0.29) is 11.3 Å². The van der Waals surface area contributed by atoms with E-state index in [9.17, 15) is 14.7 Å². The van der Waals surface area contributed by atoms with Gasteiger partial charge in [0.25, 0.3) is 5.78 Å². The number of amides is 1. The summed E-state index contributed by atoms with van der Waals surface area (Å²) in [5, 5.41) is 12.1. The number of aromatic nitrogens is 3. The van der Waals surface area contributed by atoms with Crippen molar-refractivity contribution in [3.63, 3.8) is 0 Å². The molecular formula is C30H26N4O5S. The second-order valence-electron chi connectivity index (χ2n) is 9.68. The van der Waals surface area contributed by atoms with Gasteiger partial charge in [-0.25, -0.2) is 9.97 Å². The Kier molecular flexibility index (Phi) is 6.07. The monoisotopic (exact) mass is 554 g/mol. The topological polar surface area (TPSA) is 106 Å². The van der Waals surface area contributed by atoms with Gasteiger partial charge < -0.3 is 14.6 Å². The van der Waals surface area contributed by atoms with Crippen molar-refractivity contribution in [2.75, 3.05) is 19.1 Å². The molecule has 0 aliphatic carbocycles. The summed E-state index contributed by atoms with van der Waals surface area (Å²) in [4.78, 5) is 38.2. The summed E-state index contributed by atoms with van der Waals surface area (Å²) in [6.07, 6.45) is 1.75. The Morgan fingerprint density at radius 3 is 2.50 bits per heavy atom. The van der Waals surface area contributed by atoms with Gasteiger partial charge in [-0.15, -0.1) is 0 Å². The number of aliphatic hydroxyl groups excluding tert-OH is 1. The van der Waals surface area contributed by atoms with E-state index in [1.165, 1.54) is 30.5 Å². The van der Waals surface area contributed by atoms with Crippen LogP contribution in [0.5, 0.6) is 11.5 Å². The molecule has 1 saturated heterocycles. The fourth-order valence-corrected chi connectivity index (χ4v) is 6.52. The number of hydrogen-bond donors (Lipinski definition) is 1. The van der Waals surface area contributed by atoms with Crippen molar-refractivity contribution in [3.05, 3.63) is 88.4 Å². The summed E-state index contributed by atoms with van der Waals surface area (Å²) in [6, 6.07) is 13.7. The molecule has 1 N–H and O–H groups in total. The van der Waals surface area contributed by atoms with E-state index in [4.69, 9.17) is 14.5 Å². The van der Waals surface area contributed by atoms with E-state index < -0.39 is 17.7 Å². The number of ether oxygens (including phenoxy) is 2. The zero-order chi connectivity index (χ0) is 28.3. The summed E-state index contributed by atoms with van der Waals surface area (Å²) in [5.74, 6) is -0.986. The summed E-state index contributed by atoms with van der Waals surface area (Å²) in [6.45, 7) is 5.72. The molecule has 6 rings (SSSR count). The van der Waals surface area contributed by atoms with Crippen LogP contribution >= 0.6 is 11.3 Å². The average molecular weight is 555 g/mol. The highest BCUT2D eigenvalue weighted by atomic mass is 32.1. The molecule has 0 saturated carbocycles. The number of nitrogens with zero attached hydrogens (tertiary/aromatic N) is 4. The maximum Gasteiger partial charge on any atom is 0.301 e. The first-order valence-corrected chi connectivity index (χ1v) is 13.4. The zero-order valence-electron chi connectivity index (χ0n) is 22.6. The molecule has 1 aliphatic heterocycles. The van der Waals surface area contributed by atoms with E-state index in [2.05, 4.69) is 4.98 Å². The third-order valence-electron chi connectivity index (χ3n) is 7.12. The second-order valence-corrected chi connectivity index (χ2v) is 10.7. The molecule has 0 spiro atoms. The van der Waals surface area contributed by atoms with Crippen molar-refractivity contribution in [1.29, 1.82) is 0 Å². The van der Waals surface area contributed by atoms with E-state index >= 15 is 0 Å². The lowest BCUT2D eigenvalue weighted by Crippen LogP contribution is -2.29. The van der Waals surface area contributed by atoms with Crippen LogP contribution in [0, 0.1) is 20.8 Å². The normalized spacial score (nSPS) is 16.8. The first-order chi connectivity index (χ1) is 19.2. The van der Waals surface area contributed by atoms with Crippen LogP contribution in [0.1, 0.15) is 34.1 Å². The third-order valence-corrected chi connectivity index (χ3v) is 8.12. The molecule has 40 heavy (non-hydrogen) atoms. The van der Waals surface area contributed by atoms with Crippen LogP contribution in [0.15, 0.2) is 60.3 Å². The van der Waals surface area contributed by atoms with E-state index in [1.54, 1.807) is 47.9 Å². The summed E-state index contributed by atoms with van der Waals surface area (Å²) >= 11 is 1.33. The molecule has 3 aromatic heterocycles. The van der Waals surface area contributed by atoms with E-state index in [0.29, 0.717) is 39.2 Å². The molecule has 1 amide bonds. The van der Waals surface area contributed by atoms with Crippen LogP contribution in [-0.2, 0) is 9.59 Å². The quantitative estimate of drug-likeness (QED) is 0.173. The Morgan fingerprint density at radius 2 is 1.75 bits per heavy atom. The van der Waals surface area contributed by atoms with Gasteiger partial charge in [0.2, 0.25) is 0 Å². The molecule has 2 aromatic carbocycles. The number of ketones is 1. The summed E-state index contributed by atoms with van der Waals surface area (Å²) in [5.41, 5.74) is 4.77. The van der Waals surface area contributed by atoms with Crippen LogP contribution in [0.3, 0.4) is 0 Å². The van der Waals surface area contributed by atoms with Gasteiger partial charge in [0.15, 0.2) is 22.4 Å². The largest absolute Gasteiger partial charge is 0.505 e. The average Bonchev–Trinajstić information content (AvgIpc) is 3.59. The standard InChI is InChI=1S/C30H26N4O5S/c1-15-12-16(2)24-21(13-15)40-30(32-24)34-26(18-9-10-19(38-4)20(14-18)39-5)23(28(36)29(34)37)27(35)25-17(3)31-22-8-6-7-11-33(22)25/h6-14,26,35H,1-5H3/b27-23+. The first-order valence-electron chi connectivity index (χ1n) is 12.6. The number of hydrogen-bond acceptors (Lipinski definition) is 8. The Morgan fingerprint density at radius 1 is 0.975 bits per heavy atom. The molecule has 5 aromatic rings. The van der Waals surface area contributed by atoms with Crippen LogP contribution in [0.2, 0.25) is 0 Å². The number of thiazole rings is 1. The molecule has 1 unspecified atom stereocenters. The van der Waals surface area contributed by atoms with Crippen molar-refractivity contribution < 1.29 is 24.2 Å². The highest BCUT2D eigenvalue weighted by Crippen LogP contribution is 2.46. The highest BCUT2D eigenvalue weighted by molar-refractivity contribution is 7.22. The maximum absolute atomic E-state index is 13.8. The Labute approximate surface area is 233 Å². The molecule has 1 atom stereocenters. The molecule has 4 heterocycles. The third kappa shape index (κ3) is 3.83. The highest BCUT2D eigenvalue weighted by Gasteiger charge is 2.49. The van der Waals surface area contributed by atoms with Gasteiger partial charge in [-0.3, -0.25) is 18.9 Å². The van der Waals surface area contributed by atoms with E-state index in [1.807, 2.05) is 32.0 Å². The summed E-state index contributed by atoms with van der Waals surface area (Å²) in [7, 11) is 3.04. The van der Waals surface area contributed by atoms with Crippen LogP contribution in [-0.4, -0.2) is 45.4 Å². The number of carbonyl (C=O) groups is 2. The number of carbonyl (C=O) groups excluding carboxylic acids is 2. The molecular weight excluding hydrogens is 528 g/mol. The number of anilines is 1. The minimum atomic E-state index is -0.976.